The summed E-state index contributed by atoms with van der Waals surface area (Å²) >= 11 is 34.9. The maximum Gasteiger partial charge on any atom is 0.308 e. The highest BCUT2D eigenvalue weighted by atomic mass is 35.5. The van der Waals surface area contributed by atoms with E-state index in [-0.39, 0.29) is 56.3 Å². The fourth-order valence-electron chi connectivity index (χ4n) is 14.5. The van der Waals surface area contributed by atoms with Gasteiger partial charge < -0.3 is 29.3 Å². The van der Waals surface area contributed by atoms with Crippen LogP contribution in [0.5, 0.6) is 17.2 Å². The highest BCUT2D eigenvalue weighted by molar-refractivity contribution is 7.20. The van der Waals surface area contributed by atoms with E-state index < -0.39 is 22.8 Å². The summed E-state index contributed by atoms with van der Waals surface area (Å²) in [6.07, 6.45) is 3.61. The van der Waals surface area contributed by atoms with Gasteiger partial charge in [-0.3, -0.25) is 33.6 Å². The van der Waals surface area contributed by atoms with Crippen LogP contribution in [-0.4, -0.2) is 77.5 Å². The second kappa shape index (κ2) is 18.8. The van der Waals surface area contributed by atoms with Crippen molar-refractivity contribution >= 4 is 180 Å². The largest absolute Gasteiger partial charge is 0.426 e. The smallest absolute Gasteiger partial charge is 0.308 e. The van der Waals surface area contributed by atoms with Crippen molar-refractivity contribution in [1.29, 1.82) is 0 Å². The Morgan fingerprint density at radius 1 is 0.538 bits per heavy atom. The van der Waals surface area contributed by atoms with Crippen molar-refractivity contribution in [2.24, 2.45) is 27.1 Å². The lowest BCUT2D eigenvalue weighted by Gasteiger charge is -2.69. The molecule has 6 aromatic rings. The van der Waals surface area contributed by atoms with Crippen molar-refractivity contribution in [2.45, 2.75) is 97.8 Å². The summed E-state index contributed by atoms with van der Waals surface area (Å²) < 4.78 is 19.7. The molecule has 0 radical (unpaired) electrons. The monoisotopic (exact) mass is 1210 g/mol. The van der Waals surface area contributed by atoms with Gasteiger partial charge in [-0.05, 0) is 106 Å². The van der Waals surface area contributed by atoms with Gasteiger partial charge in [0.25, 0.3) is 0 Å². The Labute approximate surface area is 486 Å². The number of carbonyl (C=O) groups excluding carboxylic acids is 7. The summed E-state index contributed by atoms with van der Waals surface area (Å²) in [6, 6.07) is 11.6. The lowest BCUT2D eigenvalue weighted by Crippen LogP contribution is -2.73. The number of thiophene rings is 3. The zero-order chi connectivity index (χ0) is 55.5. The Morgan fingerprint density at radius 3 is 1.24 bits per heavy atom. The fourth-order valence-corrected chi connectivity index (χ4v) is 19.3. The maximum absolute atomic E-state index is 14.4. The Morgan fingerprint density at radius 2 is 0.910 bits per heavy atom. The second-order valence-corrected chi connectivity index (χ2v) is 28.1. The molecular weight excluding hydrogens is 1160 g/mol. The van der Waals surface area contributed by atoms with E-state index in [4.69, 9.17) is 72.2 Å². The Balaban J connectivity index is 0.000000158. The normalized spacial score (nSPS) is 28.4. The van der Waals surface area contributed by atoms with E-state index in [9.17, 15) is 33.6 Å². The molecule has 3 aromatic heterocycles. The second-order valence-electron chi connectivity index (χ2n) is 22.7. The molecule has 6 fully saturated rings. The fraction of sp³-hybridized carbons (Fsp3) is 0.456. The molecule has 1 spiro atoms. The lowest BCUT2D eigenvalue weighted by molar-refractivity contribution is -0.205. The SMILES string of the molecule is CC(=O)Oc1cc2c(c3sc(C)cc13)[C@H](CCl)CN2.CC(=O)Oc1cc2c(c3sc(C)cc13)[C@H](CCl)CN2C(=O)C12CC(C(=O)N3C[C@@H](CCl)c4c3cc(OC(C)=O)c3cc(C)sc43)(C1)C2.O=C(Cl)C12CC3(C(=O)Cl)CC13C2. The van der Waals surface area contributed by atoms with Gasteiger partial charge in [0.1, 0.15) is 17.2 Å². The summed E-state index contributed by atoms with van der Waals surface area (Å²) in [5, 5.41) is 5.53. The highest BCUT2D eigenvalue weighted by Gasteiger charge is 3.00. The predicted octanol–water partition coefficient (Wildman–Crippen LogP) is 13.4. The number of alkyl halides is 3. The number of esters is 3. The first-order chi connectivity index (χ1) is 37.0. The van der Waals surface area contributed by atoms with Crippen molar-refractivity contribution in [1.82, 2.24) is 0 Å². The number of nitrogens with zero attached hydrogens (tertiary/aromatic N) is 2. The zero-order valence-electron chi connectivity index (χ0n) is 43.3. The molecule has 3 aliphatic heterocycles. The average Bonchev–Trinajstić information content (AvgIpc) is 1.49. The minimum atomic E-state index is -0.623. The molecule has 13 nitrogen and oxygen atoms in total. The number of benzene rings is 3. The number of aryl methyl sites for hydroxylation is 3. The molecule has 21 heteroatoms. The average molecular weight is 1210 g/mol. The minimum Gasteiger partial charge on any atom is -0.426 e. The van der Waals surface area contributed by atoms with E-state index in [0.29, 0.717) is 79.6 Å². The van der Waals surface area contributed by atoms with E-state index in [1.54, 1.807) is 34.0 Å². The van der Waals surface area contributed by atoms with Crippen LogP contribution in [0.2, 0.25) is 0 Å². The standard InChI is InChI=1S/C35H32Cl2N2O6S2.C14H14ClNO2S.C8H6Cl2O2/c1-16-5-22-26(44-18(3)40)7-24-28(30(22)46-16)20(9-36)11-38(24)32(42)34-13-35(14-34,15-34)33(43)39-12-21(10-37)29-25(39)8-27(45-19(4)41)23-6-17(2)47-31(23)29;1-7-3-10-12(18-8(2)17)4-11-13(14(10)19-7)9(5-15)6-16-11;9-4(11)6-1-7(5(10)12)3-8(6,7)2-6/h5-8,20-21H,9-15H2,1-4H3;3-4,9,16H,5-6H2,1-2H3;1-3H2/t20-,21-,34?,35?;9-;/m11./s1. The molecule has 6 heterocycles. The number of nitrogens with one attached hydrogen (secondary N) is 1. The summed E-state index contributed by atoms with van der Waals surface area (Å²) in [5.74, 6) is 1.89. The third kappa shape index (κ3) is 7.86. The molecule has 6 aliphatic carbocycles. The molecule has 15 rings (SSSR count). The summed E-state index contributed by atoms with van der Waals surface area (Å²) in [7, 11) is 0. The van der Waals surface area contributed by atoms with Gasteiger partial charge in [-0.1, -0.05) is 0 Å². The van der Waals surface area contributed by atoms with Crippen LogP contribution in [0.3, 0.4) is 0 Å². The number of hydrogen-bond donors (Lipinski definition) is 1. The van der Waals surface area contributed by atoms with E-state index in [1.807, 2.05) is 54.0 Å². The molecule has 2 bridgehead atoms. The quantitative estimate of drug-likeness (QED) is 0.0600. The summed E-state index contributed by atoms with van der Waals surface area (Å²) in [4.78, 5) is 92.9. The van der Waals surface area contributed by atoms with Gasteiger partial charge in [0.05, 0.1) is 33.0 Å². The van der Waals surface area contributed by atoms with Gasteiger partial charge >= 0.3 is 17.9 Å². The molecule has 9 aliphatic rings. The summed E-state index contributed by atoms with van der Waals surface area (Å²) in [5.41, 5.74) is 3.84. The van der Waals surface area contributed by atoms with Crippen LogP contribution in [0.1, 0.15) is 108 Å². The van der Waals surface area contributed by atoms with Gasteiger partial charge in [0.15, 0.2) is 0 Å². The predicted molar refractivity (Wildman–Crippen MR) is 309 cm³/mol. The Hall–Kier alpha value is -4.52. The number of amides is 2. The molecule has 5 atom stereocenters. The molecule has 2 unspecified atom stereocenters. The number of anilines is 3. The maximum atomic E-state index is 14.4. The zero-order valence-corrected chi connectivity index (χ0v) is 49.5. The lowest BCUT2D eigenvalue weighted by atomic mass is 9.34. The molecular formula is C57H52Cl5N3O10S3. The molecule has 6 saturated carbocycles. The van der Waals surface area contributed by atoms with Crippen molar-refractivity contribution in [3.05, 3.63) is 67.7 Å². The number of ether oxygens (including phenoxy) is 3. The van der Waals surface area contributed by atoms with Crippen molar-refractivity contribution in [3.8, 4) is 17.2 Å². The molecule has 408 valence electrons. The van der Waals surface area contributed by atoms with E-state index in [0.717, 1.165) is 82.9 Å². The third-order valence-corrected chi connectivity index (χ3v) is 22.9. The van der Waals surface area contributed by atoms with E-state index in [1.165, 1.54) is 35.9 Å². The molecule has 0 saturated heterocycles. The topological polar surface area (TPSA) is 166 Å². The molecule has 3 aromatic carbocycles. The van der Waals surface area contributed by atoms with Gasteiger partial charge in [0.2, 0.25) is 22.3 Å². The van der Waals surface area contributed by atoms with Crippen LogP contribution in [0.15, 0.2) is 36.4 Å². The Bertz CT molecular complexity index is 3520. The molecule has 1 N–H and O–H groups in total. The van der Waals surface area contributed by atoms with Gasteiger partial charge in [0, 0.05) is 161 Å². The van der Waals surface area contributed by atoms with Crippen LogP contribution < -0.4 is 29.3 Å². The van der Waals surface area contributed by atoms with Crippen LogP contribution in [-0.2, 0) is 33.6 Å². The van der Waals surface area contributed by atoms with Gasteiger partial charge in [-0.15, -0.1) is 68.8 Å². The number of hydrogen-bond acceptors (Lipinski definition) is 14. The van der Waals surface area contributed by atoms with Gasteiger partial charge in [-0.2, -0.15) is 0 Å². The summed E-state index contributed by atoms with van der Waals surface area (Å²) in [6.45, 7) is 12.0. The first kappa shape index (κ1) is 54.1. The van der Waals surface area contributed by atoms with Crippen LogP contribution in [0.25, 0.3) is 30.3 Å². The number of rotatable bonds is 10. The molecule has 2 amide bonds. The van der Waals surface area contributed by atoms with Crippen molar-refractivity contribution in [3.63, 3.8) is 0 Å². The van der Waals surface area contributed by atoms with E-state index >= 15 is 0 Å². The number of halogens is 5. The van der Waals surface area contributed by atoms with Crippen LogP contribution in [0.4, 0.5) is 17.1 Å². The van der Waals surface area contributed by atoms with Crippen molar-refractivity contribution in [2.75, 3.05) is 52.4 Å². The first-order valence-electron chi connectivity index (χ1n) is 25.7. The van der Waals surface area contributed by atoms with Crippen LogP contribution in [0, 0.1) is 47.8 Å². The first-order valence-corrected chi connectivity index (χ1v) is 30.5. The van der Waals surface area contributed by atoms with Crippen LogP contribution >= 0.6 is 92.0 Å². The third-order valence-electron chi connectivity index (χ3n) is 17.8. The minimum absolute atomic E-state index is 0.00387. The van der Waals surface area contributed by atoms with Gasteiger partial charge in [-0.25, -0.2) is 0 Å². The van der Waals surface area contributed by atoms with E-state index in [2.05, 4.69) is 18.3 Å². The molecule has 78 heavy (non-hydrogen) atoms. The van der Waals surface area contributed by atoms with Crippen molar-refractivity contribution < 1.29 is 47.8 Å². The number of fused-ring (bicyclic) bond motifs is 9. The Kier molecular flexibility index (Phi) is 13.0. The number of carbonyl (C=O) groups is 7. The highest BCUT2D eigenvalue weighted by Crippen LogP contribution is 3.01.